The lowest BCUT2D eigenvalue weighted by Gasteiger charge is -2.15. The Labute approximate surface area is 209 Å². The monoisotopic (exact) mass is 465 g/mol. The summed E-state index contributed by atoms with van der Waals surface area (Å²) < 4.78 is 0. The number of carbonyl (C=O) groups is 1. The van der Waals surface area contributed by atoms with E-state index in [-0.39, 0.29) is 5.91 Å². The van der Waals surface area contributed by atoms with Gasteiger partial charge in [-0.3, -0.25) is 4.79 Å². The maximum atomic E-state index is 11.5. The van der Waals surface area contributed by atoms with Crippen LogP contribution in [0.1, 0.15) is 187 Å². The maximum Gasteiger partial charge on any atom is 0.217 e. The molecule has 0 rings (SSSR count). The van der Waals surface area contributed by atoms with Crippen molar-refractivity contribution in [3.05, 3.63) is 0 Å². The average molecular weight is 466 g/mol. The smallest absolute Gasteiger partial charge is 0.217 e. The van der Waals surface area contributed by atoms with Crippen molar-refractivity contribution in [1.82, 2.24) is 0 Å². The summed E-state index contributed by atoms with van der Waals surface area (Å²) in [5, 5.41) is 0. The summed E-state index contributed by atoms with van der Waals surface area (Å²) >= 11 is 0. The molecule has 0 atom stereocenters. The maximum absolute atomic E-state index is 11.5. The summed E-state index contributed by atoms with van der Waals surface area (Å²) in [7, 11) is 0. The van der Waals surface area contributed by atoms with Gasteiger partial charge in [-0.25, -0.2) is 0 Å². The highest BCUT2D eigenvalue weighted by Crippen LogP contribution is 2.22. The molecule has 1 amide bonds. The van der Waals surface area contributed by atoms with Crippen molar-refractivity contribution in [3.8, 4) is 0 Å². The van der Waals surface area contributed by atoms with Crippen molar-refractivity contribution in [2.45, 2.75) is 187 Å². The van der Waals surface area contributed by atoms with Crippen LogP contribution >= 0.6 is 0 Å². The Kier molecular flexibility index (Phi) is 27.3. The molecule has 0 saturated heterocycles. The molecule has 0 aromatic rings. The Hall–Kier alpha value is -0.530. The number of unbranched alkanes of at least 4 members (excludes halogenated alkanes) is 22. The number of carbonyl (C=O) groups excluding carboxylic acids is 1. The van der Waals surface area contributed by atoms with Gasteiger partial charge in [0.2, 0.25) is 5.91 Å². The molecule has 2 N–H and O–H groups in total. The fourth-order valence-corrected chi connectivity index (χ4v) is 5.18. The molecule has 0 fully saturated rings. The minimum Gasteiger partial charge on any atom is -0.370 e. The van der Waals surface area contributed by atoms with Crippen LogP contribution in [0.2, 0.25) is 0 Å². The third-order valence-corrected chi connectivity index (χ3v) is 7.42. The summed E-state index contributed by atoms with van der Waals surface area (Å²) in [6.07, 6.45) is 36.5. The molecule has 2 nitrogen and oxygen atoms in total. The Balaban J connectivity index is 3.52. The van der Waals surface area contributed by atoms with Crippen molar-refractivity contribution in [3.63, 3.8) is 0 Å². The van der Waals surface area contributed by atoms with Crippen LogP contribution in [0.5, 0.6) is 0 Å². The number of hydrogen-bond donors (Lipinski definition) is 1. The van der Waals surface area contributed by atoms with Crippen molar-refractivity contribution in [2.75, 3.05) is 0 Å². The van der Waals surface area contributed by atoms with Gasteiger partial charge in [0, 0.05) is 6.42 Å². The number of primary amides is 1. The lowest BCUT2D eigenvalue weighted by atomic mass is 9.91. The van der Waals surface area contributed by atoms with Gasteiger partial charge < -0.3 is 5.73 Å². The van der Waals surface area contributed by atoms with Crippen LogP contribution in [-0.2, 0) is 4.79 Å². The highest BCUT2D eigenvalue weighted by atomic mass is 16.1. The van der Waals surface area contributed by atoms with Gasteiger partial charge in [0.05, 0.1) is 0 Å². The van der Waals surface area contributed by atoms with Gasteiger partial charge in [-0.2, -0.15) is 0 Å². The fourth-order valence-electron chi connectivity index (χ4n) is 5.18. The van der Waals surface area contributed by atoms with Gasteiger partial charge in [-0.15, -0.1) is 0 Å². The van der Waals surface area contributed by atoms with Crippen LogP contribution in [-0.4, -0.2) is 5.91 Å². The van der Waals surface area contributed by atoms with Crippen LogP contribution in [0.3, 0.4) is 0 Å². The van der Waals surface area contributed by atoms with E-state index in [0.29, 0.717) is 12.3 Å². The Morgan fingerprint density at radius 2 is 0.697 bits per heavy atom. The SMILES string of the molecule is CCCCCCCCCCCCCCC(CCCCCCCCCCCCCC)CC(N)=O. The van der Waals surface area contributed by atoms with Gasteiger partial charge in [0.25, 0.3) is 0 Å². The van der Waals surface area contributed by atoms with E-state index >= 15 is 0 Å². The first-order chi connectivity index (χ1) is 16.2. The minimum absolute atomic E-state index is 0.0992. The third kappa shape index (κ3) is 27.6. The zero-order valence-electron chi connectivity index (χ0n) is 23.2. The van der Waals surface area contributed by atoms with Crippen molar-refractivity contribution in [2.24, 2.45) is 11.7 Å². The zero-order chi connectivity index (χ0) is 24.2. The van der Waals surface area contributed by atoms with E-state index in [0.717, 1.165) is 0 Å². The third-order valence-electron chi connectivity index (χ3n) is 7.42. The molecule has 0 aliphatic carbocycles. The minimum atomic E-state index is -0.0992. The second-order valence-corrected chi connectivity index (χ2v) is 10.9. The van der Waals surface area contributed by atoms with Crippen LogP contribution in [0.4, 0.5) is 0 Å². The van der Waals surface area contributed by atoms with Gasteiger partial charge >= 0.3 is 0 Å². The molecule has 0 aromatic heterocycles. The first-order valence-corrected chi connectivity index (χ1v) is 15.5. The summed E-state index contributed by atoms with van der Waals surface area (Å²) in [5.74, 6) is 0.437. The van der Waals surface area contributed by atoms with Crippen molar-refractivity contribution >= 4 is 5.91 Å². The van der Waals surface area contributed by atoms with Gasteiger partial charge in [0.1, 0.15) is 0 Å². The summed E-state index contributed by atoms with van der Waals surface area (Å²) in [5.41, 5.74) is 5.53. The summed E-state index contributed by atoms with van der Waals surface area (Å²) in [6.45, 7) is 4.57. The molecule has 0 aromatic carbocycles. The zero-order valence-corrected chi connectivity index (χ0v) is 23.2. The van der Waals surface area contributed by atoms with E-state index in [4.69, 9.17) is 5.73 Å². The van der Waals surface area contributed by atoms with E-state index in [1.165, 1.54) is 167 Å². The second-order valence-electron chi connectivity index (χ2n) is 10.9. The average Bonchev–Trinajstić information content (AvgIpc) is 2.80. The molecular formula is C31H63NO. The molecule has 198 valence electrons. The molecule has 33 heavy (non-hydrogen) atoms. The molecule has 0 radical (unpaired) electrons. The predicted octanol–water partition coefficient (Wildman–Crippen LogP) is 10.7. The van der Waals surface area contributed by atoms with E-state index < -0.39 is 0 Å². The first-order valence-electron chi connectivity index (χ1n) is 15.5. The van der Waals surface area contributed by atoms with Crippen LogP contribution in [0.15, 0.2) is 0 Å². The van der Waals surface area contributed by atoms with E-state index in [1.54, 1.807) is 0 Å². The molecule has 0 spiro atoms. The predicted molar refractivity (Wildman–Crippen MR) is 149 cm³/mol. The lowest BCUT2D eigenvalue weighted by molar-refractivity contribution is -0.119. The molecule has 0 heterocycles. The topological polar surface area (TPSA) is 43.1 Å². The van der Waals surface area contributed by atoms with Gasteiger partial charge in [-0.05, 0) is 18.8 Å². The number of amides is 1. The summed E-state index contributed by atoms with van der Waals surface area (Å²) in [6, 6.07) is 0. The number of nitrogens with two attached hydrogens (primary N) is 1. The summed E-state index contributed by atoms with van der Waals surface area (Å²) in [4.78, 5) is 11.5. The van der Waals surface area contributed by atoms with E-state index in [2.05, 4.69) is 13.8 Å². The lowest BCUT2D eigenvalue weighted by Crippen LogP contribution is -2.16. The largest absolute Gasteiger partial charge is 0.370 e. The highest BCUT2D eigenvalue weighted by Gasteiger charge is 2.11. The molecule has 0 aliphatic rings. The van der Waals surface area contributed by atoms with E-state index in [9.17, 15) is 4.79 Å². The molecular weight excluding hydrogens is 402 g/mol. The number of hydrogen-bond acceptors (Lipinski definition) is 1. The number of rotatable bonds is 28. The molecule has 0 aliphatic heterocycles. The van der Waals surface area contributed by atoms with Gasteiger partial charge in [-0.1, -0.05) is 168 Å². The standard InChI is InChI=1S/C31H63NO/c1-3-5-7-9-11-13-15-17-19-21-23-25-27-30(29-31(32)33)28-26-24-22-20-18-16-14-12-10-8-6-4-2/h30H,3-29H2,1-2H3,(H2,32,33). The quantitative estimate of drug-likeness (QED) is 0.115. The van der Waals surface area contributed by atoms with Crippen molar-refractivity contribution < 1.29 is 4.79 Å². The van der Waals surface area contributed by atoms with E-state index in [1.807, 2.05) is 0 Å². The fraction of sp³-hybridized carbons (Fsp3) is 0.968. The second kappa shape index (κ2) is 27.7. The van der Waals surface area contributed by atoms with Gasteiger partial charge in [0.15, 0.2) is 0 Å². The normalized spacial score (nSPS) is 11.5. The van der Waals surface area contributed by atoms with Crippen LogP contribution in [0, 0.1) is 5.92 Å². The van der Waals surface area contributed by atoms with Crippen molar-refractivity contribution in [1.29, 1.82) is 0 Å². The molecule has 0 unspecified atom stereocenters. The Morgan fingerprint density at radius 1 is 0.455 bits per heavy atom. The molecule has 0 bridgehead atoms. The highest BCUT2D eigenvalue weighted by molar-refractivity contribution is 5.73. The first kappa shape index (κ1) is 32.5. The Morgan fingerprint density at radius 3 is 0.939 bits per heavy atom. The Bertz CT molecular complexity index is 353. The molecule has 0 saturated carbocycles. The van der Waals surface area contributed by atoms with Crippen LogP contribution in [0.25, 0.3) is 0 Å². The molecule has 2 heteroatoms. The van der Waals surface area contributed by atoms with Crippen LogP contribution < -0.4 is 5.73 Å².